The first kappa shape index (κ1) is 15.8. The molecule has 0 saturated heterocycles. The minimum absolute atomic E-state index is 0. The van der Waals surface area contributed by atoms with Crippen molar-refractivity contribution in [3.05, 3.63) is 0 Å². The second-order valence-corrected chi connectivity index (χ2v) is 0. The van der Waals surface area contributed by atoms with Crippen LogP contribution in [-0.2, 0) is 29.9 Å². The Bertz CT molecular complexity index is 8.00. The molecule has 1 radical (unpaired) electrons. The average molecular weight is 337 g/mol. The first-order valence-electron chi connectivity index (χ1n) is 0.129. The Balaban J connectivity index is -0.00000000500. The maximum absolute atomic E-state index is 3.75. The molecule has 29 valence electrons. The molecule has 0 fully saturated rings. The molecule has 0 spiro atoms. The van der Waals surface area contributed by atoms with Gasteiger partial charge in [0.25, 0.3) is 0 Å². The third-order valence-electron chi connectivity index (χ3n) is 0. The summed E-state index contributed by atoms with van der Waals surface area (Å²) < 4.78 is 0. The summed E-state index contributed by atoms with van der Waals surface area (Å²) in [5.41, 5.74) is 0. The van der Waals surface area contributed by atoms with Crippen LogP contribution in [0, 0.1) is 41.7 Å². The van der Waals surface area contributed by atoms with Crippen molar-refractivity contribution in [2.75, 3.05) is 0 Å². The van der Waals surface area contributed by atoms with Gasteiger partial charge in [0.15, 0.2) is 0 Å². The summed E-state index contributed by atoms with van der Waals surface area (Å²) in [5.74, 6) is 0. The van der Waals surface area contributed by atoms with E-state index in [1.165, 1.54) is 0 Å². The second-order valence-electron chi connectivity index (χ2n) is 0. The fraction of sp³-hybridized carbons (Fsp3) is 0. The van der Waals surface area contributed by atoms with Crippen LogP contribution in [0.2, 0.25) is 0 Å². The summed E-state index contributed by atoms with van der Waals surface area (Å²) in [6.45, 7) is 0. The Morgan fingerprint density at radius 2 is 1.25 bits per heavy atom. The van der Waals surface area contributed by atoms with E-state index in [9.17, 15) is 0 Å². The predicted octanol–water partition coefficient (Wildman–Crippen LogP) is -0.386. The summed E-state index contributed by atoms with van der Waals surface area (Å²) >= 11 is 6.00. The average Bonchev–Trinajstić information content (AvgIpc) is 1.00. The molecule has 4 heavy (non-hydrogen) atoms. The summed E-state index contributed by atoms with van der Waals surface area (Å²) in [5, 5.41) is 0. The van der Waals surface area contributed by atoms with Crippen LogP contribution in [0.1, 0.15) is 0 Å². The SMILES string of the molecule is [Ce].[Co].[Ni]=[Se]. The first-order chi connectivity index (χ1) is 1.00. The molecule has 0 atom stereocenters. The van der Waals surface area contributed by atoms with Crippen LogP contribution < -0.4 is 0 Å². The molecule has 4 heteroatoms. The van der Waals surface area contributed by atoms with Gasteiger partial charge in [-0.2, -0.15) is 0 Å². The van der Waals surface area contributed by atoms with Crippen molar-refractivity contribution in [2.45, 2.75) is 0 Å². The molecule has 0 aliphatic heterocycles. The van der Waals surface area contributed by atoms with E-state index in [2.05, 4.69) is 26.9 Å². The Kier molecular flexibility index (Phi) is 66.5. The van der Waals surface area contributed by atoms with Gasteiger partial charge in [0, 0.05) is 58.5 Å². The summed E-state index contributed by atoms with van der Waals surface area (Å²) in [7, 11) is 0. The summed E-state index contributed by atoms with van der Waals surface area (Å²) in [4.78, 5) is 0. The standard InChI is InChI=1S/Ce.Co.Ni.Se. The van der Waals surface area contributed by atoms with Gasteiger partial charge < -0.3 is 0 Å². The predicted molar refractivity (Wildman–Crippen MR) is 5.75 cm³/mol. The summed E-state index contributed by atoms with van der Waals surface area (Å²) in [6.07, 6.45) is 0. The van der Waals surface area contributed by atoms with Crippen LogP contribution in [0.15, 0.2) is 0 Å². The van der Waals surface area contributed by atoms with Gasteiger partial charge in [0.1, 0.15) is 0 Å². The fourth-order valence-corrected chi connectivity index (χ4v) is 0. The number of rotatable bonds is 0. The van der Waals surface area contributed by atoms with Crippen molar-refractivity contribution in [3.8, 4) is 0 Å². The van der Waals surface area contributed by atoms with E-state index in [0.717, 1.165) is 0 Å². The van der Waals surface area contributed by atoms with Gasteiger partial charge in [-0.3, -0.25) is 0 Å². The molecule has 0 rings (SSSR count). The maximum atomic E-state index is 3.75. The van der Waals surface area contributed by atoms with Crippen LogP contribution in [0.3, 0.4) is 0 Å². The van der Waals surface area contributed by atoms with E-state index in [0.29, 0.717) is 0 Å². The van der Waals surface area contributed by atoms with Crippen molar-refractivity contribution in [2.24, 2.45) is 0 Å². The van der Waals surface area contributed by atoms with Gasteiger partial charge >= 0.3 is 26.9 Å². The molecule has 0 bridgehead atoms. The van der Waals surface area contributed by atoms with Crippen molar-refractivity contribution < 1.29 is 71.7 Å². The van der Waals surface area contributed by atoms with Crippen molar-refractivity contribution in [1.29, 1.82) is 0 Å². The van der Waals surface area contributed by atoms with E-state index in [1.807, 2.05) is 0 Å². The van der Waals surface area contributed by atoms with Crippen molar-refractivity contribution in [1.82, 2.24) is 0 Å². The van der Waals surface area contributed by atoms with Crippen LogP contribution >= 0.6 is 0 Å². The molecule has 0 unspecified atom stereocenters. The van der Waals surface area contributed by atoms with Gasteiger partial charge in [0.2, 0.25) is 0 Å². The van der Waals surface area contributed by atoms with Gasteiger partial charge in [-0.25, -0.2) is 0 Å². The van der Waals surface area contributed by atoms with Gasteiger partial charge in [-0.05, 0) is 0 Å². The first-order valence-corrected chi connectivity index (χ1v) is 2.77. The molecule has 0 saturated carbocycles. The minimum atomic E-state index is 0. The van der Waals surface area contributed by atoms with E-state index >= 15 is 0 Å². The Morgan fingerprint density at radius 1 is 1.25 bits per heavy atom. The number of hydrogen-bond acceptors (Lipinski definition) is 0. The van der Waals surface area contributed by atoms with Crippen LogP contribution in [0.5, 0.6) is 0 Å². The summed E-state index contributed by atoms with van der Waals surface area (Å²) in [6, 6.07) is 0. The molecular weight excluding hydrogens is 337 g/mol. The topological polar surface area (TPSA) is 0 Å². The quantitative estimate of drug-likeness (QED) is 0.529. The fourth-order valence-electron chi connectivity index (χ4n) is 0. The molecule has 0 aromatic rings. The Hall–Kier alpha value is 2.90. The van der Waals surface area contributed by atoms with Gasteiger partial charge in [0.05, 0.1) is 0 Å². The zero-order valence-corrected chi connectivity index (χ0v) is 8.44. The third kappa shape index (κ3) is 8.86. The van der Waals surface area contributed by atoms with Gasteiger partial charge in [-0.15, -0.1) is 0 Å². The van der Waals surface area contributed by atoms with Crippen LogP contribution in [0.25, 0.3) is 0 Å². The van der Waals surface area contributed by atoms with Crippen molar-refractivity contribution >= 4 is 13.8 Å². The van der Waals surface area contributed by atoms with E-state index in [4.69, 9.17) is 0 Å². The zero-order chi connectivity index (χ0) is 2.00. The molecule has 0 aromatic carbocycles. The molecule has 0 aliphatic carbocycles. The van der Waals surface area contributed by atoms with Crippen LogP contribution in [-0.4, -0.2) is 13.8 Å². The van der Waals surface area contributed by atoms with E-state index < -0.39 is 0 Å². The number of hydrogen-bond donors (Lipinski definition) is 0. The Morgan fingerprint density at radius 3 is 1.25 bits per heavy atom. The zero-order valence-electron chi connectivity index (χ0n) is 1.56. The normalized spacial score (nSPS) is 1.50. The van der Waals surface area contributed by atoms with Crippen molar-refractivity contribution in [3.63, 3.8) is 0 Å². The van der Waals surface area contributed by atoms with Gasteiger partial charge in [-0.1, -0.05) is 0 Å². The third-order valence-corrected chi connectivity index (χ3v) is 0. The molecule has 0 nitrogen and oxygen atoms in total. The van der Waals surface area contributed by atoms with E-state index in [-0.39, 0.29) is 58.5 Å². The Labute approximate surface area is 83.6 Å². The molecule has 0 N–H and O–H groups in total. The molecule has 0 amide bonds. The monoisotopic (exact) mass is 337 g/mol. The van der Waals surface area contributed by atoms with E-state index in [1.54, 1.807) is 0 Å². The van der Waals surface area contributed by atoms with Crippen LogP contribution in [0.4, 0.5) is 0 Å². The molecule has 0 aromatic heterocycles. The molecule has 0 aliphatic rings. The molecule has 0 heterocycles. The second kappa shape index (κ2) is 16.9. The molecular formula is CeCoNiSe.